The summed E-state index contributed by atoms with van der Waals surface area (Å²) in [7, 11) is 0. The average Bonchev–Trinajstić information content (AvgIpc) is 2.58. The number of morpholine rings is 1. The molecule has 6 heteroatoms. The first-order valence-corrected chi connectivity index (χ1v) is 6.69. The summed E-state index contributed by atoms with van der Waals surface area (Å²) in [6.07, 6.45) is 2.09. The second kappa shape index (κ2) is 5.37. The van der Waals surface area contributed by atoms with Crippen LogP contribution in [0, 0.1) is 0 Å². The molecule has 1 atom stereocenters. The number of halogens is 1. The Bertz CT molecular complexity index is 360. The SMILES string of the molecule is CC(C)N1CCOC(Cn2cc(Br)c(N)n2)C1. The van der Waals surface area contributed by atoms with Crippen molar-refractivity contribution in [3.8, 4) is 0 Å². The molecule has 96 valence electrons. The van der Waals surface area contributed by atoms with Gasteiger partial charge in [0.05, 0.1) is 23.7 Å². The zero-order valence-corrected chi connectivity index (χ0v) is 11.9. The number of nitrogens with two attached hydrogens (primary N) is 1. The lowest BCUT2D eigenvalue weighted by molar-refractivity contribution is -0.0469. The van der Waals surface area contributed by atoms with Crippen molar-refractivity contribution in [3.05, 3.63) is 10.7 Å². The Balaban J connectivity index is 1.94. The van der Waals surface area contributed by atoms with Gasteiger partial charge in [-0.15, -0.1) is 0 Å². The Morgan fingerprint density at radius 2 is 2.41 bits per heavy atom. The predicted molar refractivity (Wildman–Crippen MR) is 70.8 cm³/mol. The van der Waals surface area contributed by atoms with Crippen LogP contribution in [0.5, 0.6) is 0 Å². The first kappa shape index (κ1) is 12.9. The highest BCUT2D eigenvalue weighted by Crippen LogP contribution is 2.17. The molecule has 2 heterocycles. The van der Waals surface area contributed by atoms with Gasteiger partial charge in [-0.05, 0) is 29.8 Å². The zero-order valence-electron chi connectivity index (χ0n) is 10.3. The topological polar surface area (TPSA) is 56.3 Å². The molecule has 1 aromatic rings. The van der Waals surface area contributed by atoms with Crippen LogP contribution in [-0.2, 0) is 11.3 Å². The predicted octanol–water partition coefficient (Wildman–Crippen LogP) is 1.34. The van der Waals surface area contributed by atoms with E-state index in [1.165, 1.54) is 0 Å². The number of nitrogens with zero attached hydrogens (tertiary/aromatic N) is 3. The molecule has 1 aliphatic rings. The van der Waals surface area contributed by atoms with E-state index in [0.717, 1.165) is 30.7 Å². The molecule has 1 aliphatic heterocycles. The molecular formula is C11H19BrN4O. The number of rotatable bonds is 3. The fourth-order valence-electron chi connectivity index (χ4n) is 2.04. The molecule has 0 amide bonds. The van der Waals surface area contributed by atoms with Crippen LogP contribution < -0.4 is 5.73 Å². The van der Waals surface area contributed by atoms with Crippen LogP contribution in [0.4, 0.5) is 5.82 Å². The fourth-order valence-corrected chi connectivity index (χ4v) is 2.35. The number of aromatic nitrogens is 2. The molecule has 0 spiro atoms. The fraction of sp³-hybridized carbons (Fsp3) is 0.727. The van der Waals surface area contributed by atoms with Gasteiger partial charge in [0, 0.05) is 25.3 Å². The first-order chi connectivity index (χ1) is 8.06. The van der Waals surface area contributed by atoms with E-state index < -0.39 is 0 Å². The zero-order chi connectivity index (χ0) is 12.4. The molecule has 2 rings (SSSR count). The smallest absolute Gasteiger partial charge is 0.159 e. The van der Waals surface area contributed by atoms with E-state index in [0.29, 0.717) is 11.9 Å². The largest absolute Gasteiger partial charge is 0.381 e. The lowest BCUT2D eigenvalue weighted by Gasteiger charge is -2.35. The first-order valence-electron chi connectivity index (χ1n) is 5.90. The molecule has 0 bridgehead atoms. The van der Waals surface area contributed by atoms with E-state index in [9.17, 15) is 0 Å². The van der Waals surface area contributed by atoms with Crippen molar-refractivity contribution in [2.75, 3.05) is 25.4 Å². The highest BCUT2D eigenvalue weighted by Gasteiger charge is 2.22. The van der Waals surface area contributed by atoms with Crippen LogP contribution in [0.2, 0.25) is 0 Å². The van der Waals surface area contributed by atoms with Crippen molar-refractivity contribution in [2.45, 2.75) is 32.5 Å². The minimum Gasteiger partial charge on any atom is -0.381 e. The number of anilines is 1. The van der Waals surface area contributed by atoms with Gasteiger partial charge in [-0.2, -0.15) is 5.10 Å². The highest BCUT2D eigenvalue weighted by molar-refractivity contribution is 9.10. The summed E-state index contributed by atoms with van der Waals surface area (Å²) in [6, 6.07) is 0.566. The quantitative estimate of drug-likeness (QED) is 0.915. The van der Waals surface area contributed by atoms with Gasteiger partial charge in [-0.3, -0.25) is 9.58 Å². The van der Waals surface area contributed by atoms with E-state index in [1.807, 2.05) is 10.9 Å². The average molecular weight is 303 g/mol. The Kier molecular flexibility index (Phi) is 4.06. The van der Waals surface area contributed by atoms with Crippen molar-refractivity contribution < 1.29 is 4.74 Å². The molecule has 1 aromatic heterocycles. The molecule has 1 unspecified atom stereocenters. The van der Waals surface area contributed by atoms with Crippen LogP contribution in [0.15, 0.2) is 10.7 Å². The summed E-state index contributed by atoms with van der Waals surface area (Å²) in [5.41, 5.74) is 5.69. The van der Waals surface area contributed by atoms with E-state index in [1.54, 1.807) is 0 Å². The van der Waals surface area contributed by atoms with Crippen LogP contribution in [-0.4, -0.2) is 46.5 Å². The number of nitrogen functional groups attached to an aromatic ring is 1. The second-order valence-corrected chi connectivity index (χ2v) is 5.52. The third-order valence-electron chi connectivity index (χ3n) is 3.03. The second-order valence-electron chi connectivity index (χ2n) is 4.67. The van der Waals surface area contributed by atoms with Crippen LogP contribution in [0.3, 0.4) is 0 Å². The third-order valence-corrected chi connectivity index (χ3v) is 3.65. The monoisotopic (exact) mass is 302 g/mol. The van der Waals surface area contributed by atoms with E-state index >= 15 is 0 Å². The molecule has 5 nitrogen and oxygen atoms in total. The van der Waals surface area contributed by atoms with Gasteiger partial charge in [0.25, 0.3) is 0 Å². The number of ether oxygens (including phenoxy) is 1. The van der Waals surface area contributed by atoms with E-state index in [4.69, 9.17) is 10.5 Å². The third kappa shape index (κ3) is 3.20. The van der Waals surface area contributed by atoms with Gasteiger partial charge >= 0.3 is 0 Å². The molecule has 0 aliphatic carbocycles. The van der Waals surface area contributed by atoms with Gasteiger partial charge in [0.1, 0.15) is 0 Å². The van der Waals surface area contributed by atoms with Crippen LogP contribution in [0.1, 0.15) is 13.8 Å². The lowest BCUT2D eigenvalue weighted by Crippen LogP contribution is -2.47. The van der Waals surface area contributed by atoms with Crippen molar-refractivity contribution in [3.63, 3.8) is 0 Å². The molecule has 0 saturated carbocycles. The standard InChI is InChI=1S/C11H19BrN4O/c1-8(2)15-3-4-17-9(5-15)6-16-7-10(12)11(13)14-16/h7-9H,3-6H2,1-2H3,(H2,13,14). The summed E-state index contributed by atoms with van der Waals surface area (Å²) in [6.45, 7) is 7.93. The van der Waals surface area contributed by atoms with E-state index in [-0.39, 0.29) is 6.10 Å². The molecule has 17 heavy (non-hydrogen) atoms. The summed E-state index contributed by atoms with van der Waals surface area (Å²) in [4.78, 5) is 2.43. The molecule has 1 saturated heterocycles. The maximum atomic E-state index is 5.75. The Labute approximate surface area is 110 Å². The minimum atomic E-state index is 0.192. The molecule has 0 radical (unpaired) electrons. The molecule has 2 N–H and O–H groups in total. The maximum Gasteiger partial charge on any atom is 0.159 e. The van der Waals surface area contributed by atoms with Crippen molar-refractivity contribution in [1.82, 2.24) is 14.7 Å². The summed E-state index contributed by atoms with van der Waals surface area (Å²) < 4.78 is 8.44. The summed E-state index contributed by atoms with van der Waals surface area (Å²) >= 11 is 3.36. The minimum absolute atomic E-state index is 0.192. The van der Waals surface area contributed by atoms with Crippen LogP contribution in [0.25, 0.3) is 0 Å². The number of hydrogen-bond acceptors (Lipinski definition) is 4. The van der Waals surface area contributed by atoms with Gasteiger partial charge in [-0.1, -0.05) is 0 Å². The van der Waals surface area contributed by atoms with Crippen molar-refractivity contribution in [2.24, 2.45) is 0 Å². The molecule has 0 aromatic carbocycles. The Morgan fingerprint density at radius 3 is 3.00 bits per heavy atom. The van der Waals surface area contributed by atoms with Gasteiger partial charge in [0.15, 0.2) is 5.82 Å². The Morgan fingerprint density at radius 1 is 1.65 bits per heavy atom. The van der Waals surface area contributed by atoms with Gasteiger partial charge < -0.3 is 10.5 Å². The highest BCUT2D eigenvalue weighted by atomic mass is 79.9. The summed E-state index contributed by atoms with van der Waals surface area (Å²) in [5, 5.41) is 4.22. The van der Waals surface area contributed by atoms with Gasteiger partial charge in [-0.25, -0.2) is 0 Å². The van der Waals surface area contributed by atoms with Crippen molar-refractivity contribution >= 4 is 21.7 Å². The van der Waals surface area contributed by atoms with Gasteiger partial charge in [0.2, 0.25) is 0 Å². The van der Waals surface area contributed by atoms with E-state index in [2.05, 4.69) is 39.8 Å². The summed E-state index contributed by atoms with van der Waals surface area (Å²) in [5.74, 6) is 0.529. The van der Waals surface area contributed by atoms with Crippen LogP contribution >= 0.6 is 15.9 Å². The molecule has 1 fully saturated rings. The van der Waals surface area contributed by atoms with Crippen molar-refractivity contribution in [1.29, 1.82) is 0 Å². The molecular weight excluding hydrogens is 284 g/mol. The lowest BCUT2D eigenvalue weighted by atomic mass is 10.2. The normalized spacial score (nSPS) is 22.2. The number of hydrogen-bond donors (Lipinski definition) is 1. The Hall–Kier alpha value is -0.590. The maximum absolute atomic E-state index is 5.75.